The Hall–Kier alpha value is -2.24. The molecule has 0 heterocycles. The van der Waals surface area contributed by atoms with E-state index in [1.165, 1.54) is 0 Å². The number of aryl methyl sites for hydroxylation is 1. The number of fused-ring (bicyclic) bond motifs is 5. The number of allylic oxidation sites excluding steroid dienone is 4. The summed E-state index contributed by atoms with van der Waals surface area (Å²) in [5.41, 5.74) is -0.0843. The molecule has 0 spiro atoms. The Labute approximate surface area is 214 Å². The van der Waals surface area contributed by atoms with Gasteiger partial charge in [0.25, 0.3) is 0 Å². The number of carbonyl (C=O) groups is 2. The van der Waals surface area contributed by atoms with Crippen LogP contribution in [-0.4, -0.2) is 40.1 Å². The summed E-state index contributed by atoms with van der Waals surface area (Å²) >= 11 is 0. The number of aliphatic hydroxyl groups excluding tert-OH is 1. The molecule has 0 bridgehead atoms. The first-order valence-electron chi connectivity index (χ1n) is 13.7. The van der Waals surface area contributed by atoms with Gasteiger partial charge in [0.15, 0.2) is 11.6 Å². The molecule has 36 heavy (non-hydrogen) atoms. The van der Waals surface area contributed by atoms with Crippen molar-refractivity contribution in [1.82, 2.24) is 0 Å². The van der Waals surface area contributed by atoms with E-state index in [0.29, 0.717) is 32.3 Å². The van der Waals surface area contributed by atoms with Crippen LogP contribution in [0, 0.1) is 35.5 Å². The Kier molecular flexibility index (Phi) is 6.53. The number of ether oxygens (including phenoxy) is 1. The molecule has 5 rings (SSSR count). The van der Waals surface area contributed by atoms with Crippen molar-refractivity contribution < 1.29 is 24.5 Å². The Morgan fingerprint density at radius 3 is 2.78 bits per heavy atom. The van der Waals surface area contributed by atoms with Crippen molar-refractivity contribution in [2.75, 3.05) is 6.61 Å². The van der Waals surface area contributed by atoms with Crippen molar-refractivity contribution in [2.24, 2.45) is 28.6 Å². The predicted octanol–water partition coefficient (Wildman–Crippen LogP) is 5.12. The van der Waals surface area contributed by atoms with Gasteiger partial charge in [0.2, 0.25) is 0 Å². The number of unbranched alkanes of at least 4 members (excludes halogenated alkanes) is 1. The topological polar surface area (TPSA) is 83.8 Å². The van der Waals surface area contributed by atoms with Crippen LogP contribution in [0.1, 0.15) is 70.8 Å². The fraction of sp³-hybridized carbons (Fsp3) is 0.613. The molecule has 194 valence electrons. The maximum absolute atomic E-state index is 13.5. The molecule has 0 aliphatic heterocycles. The summed E-state index contributed by atoms with van der Waals surface area (Å²) in [7, 11) is 0. The lowest BCUT2D eigenvalue weighted by molar-refractivity contribution is -0.176. The second-order valence-electron chi connectivity index (χ2n) is 12.2. The van der Waals surface area contributed by atoms with Crippen molar-refractivity contribution in [2.45, 2.75) is 83.8 Å². The van der Waals surface area contributed by atoms with Gasteiger partial charge < -0.3 is 14.9 Å². The molecule has 0 aromatic heterocycles. The third-order valence-electron chi connectivity index (χ3n) is 10.2. The Morgan fingerprint density at radius 1 is 1.19 bits per heavy atom. The zero-order chi connectivity index (χ0) is 25.7. The highest BCUT2D eigenvalue weighted by atomic mass is 16.5. The summed E-state index contributed by atoms with van der Waals surface area (Å²) < 4.78 is 5.82. The third kappa shape index (κ3) is 3.99. The summed E-state index contributed by atoms with van der Waals surface area (Å²) in [5, 5.41) is 23.3. The van der Waals surface area contributed by atoms with E-state index in [9.17, 15) is 19.8 Å². The first-order valence-corrected chi connectivity index (χ1v) is 13.7. The molecule has 0 unspecified atom stereocenters. The predicted molar refractivity (Wildman–Crippen MR) is 138 cm³/mol. The molecule has 3 saturated carbocycles. The van der Waals surface area contributed by atoms with E-state index < -0.39 is 17.1 Å². The summed E-state index contributed by atoms with van der Waals surface area (Å²) in [6, 6.07) is 7.94. The van der Waals surface area contributed by atoms with Gasteiger partial charge in [0.1, 0.15) is 11.4 Å². The fourth-order valence-corrected chi connectivity index (χ4v) is 8.28. The van der Waals surface area contributed by atoms with Gasteiger partial charge in [-0.1, -0.05) is 37.6 Å². The van der Waals surface area contributed by atoms with Crippen molar-refractivity contribution >= 4 is 11.6 Å². The standard InChI is InChI=1S/C31H40O5/c1-20-7-6-8-23(17-20)36-16-5-4-9-27(34)31(35)15-13-25-24-11-10-21-18-22(32)12-14-29(21,2)28(24)26(33)19-30(25,31)3/h6-8,12,14,17-18,24-26,28,33,35H,4-5,9-11,13,15-16,19H2,1-3H3/t24-,25-,26-,28+,29-,30-,31-/m0/s1. The van der Waals surface area contributed by atoms with Crippen molar-refractivity contribution in [3.05, 3.63) is 53.6 Å². The molecule has 4 aliphatic rings. The smallest absolute Gasteiger partial charge is 0.178 e. The minimum absolute atomic E-state index is 0.0103. The van der Waals surface area contributed by atoms with Crippen LogP contribution in [0.25, 0.3) is 0 Å². The number of Topliss-reactive ketones (excluding diaryl/α,β-unsaturated/α-hetero) is 1. The molecule has 0 saturated heterocycles. The molecule has 3 fully saturated rings. The fourth-order valence-electron chi connectivity index (χ4n) is 8.28. The summed E-state index contributed by atoms with van der Waals surface area (Å²) in [6.45, 7) is 6.76. The lowest BCUT2D eigenvalue weighted by Crippen LogP contribution is -2.61. The molecule has 1 aromatic carbocycles. The van der Waals surface area contributed by atoms with Gasteiger partial charge in [0.05, 0.1) is 12.7 Å². The van der Waals surface area contributed by atoms with Crippen LogP contribution in [0.4, 0.5) is 0 Å². The van der Waals surface area contributed by atoms with Gasteiger partial charge in [-0.05, 0) is 93.6 Å². The van der Waals surface area contributed by atoms with Gasteiger partial charge in [-0.15, -0.1) is 0 Å². The van der Waals surface area contributed by atoms with Gasteiger partial charge in [-0.25, -0.2) is 0 Å². The zero-order valence-corrected chi connectivity index (χ0v) is 21.8. The van der Waals surface area contributed by atoms with Crippen LogP contribution in [0.2, 0.25) is 0 Å². The van der Waals surface area contributed by atoms with Gasteiger partial charge in [-0.2, -0.15) is 0 Å². The van der Waals surface area contributed by atoms with E-state index >= 15 is 0 Å². The van der Waals surface area contributed by atoms with E-state index in [2.05, 4.69) is 6.92 Å². The lowest BCUT2D eigenvalue weighted by Gasteiger charge is -2.59. The number of ketones is 2. The second-order valence-corrected chi connectivity index (χ2v) is 12.2. The van der Waals surface area contributed by atoms with Gasteiger partial charge in [-0.3, -0.25) is 9.59 Å². The third-order valence-corrected chi connectivity index (χ3v) is 10.2. The van der Waals surface area contributed by atoms with E-state index in [-0.39, 0.29) is 34.7 Å². The SMILES string of the molecule is Cc1cccc(OCCCCC(=O)[C@@]2(O)CC[C@H]3[C@@H]4CCC5=CC(=O)C=C[C@]5(C)[C@H]4[C@@H](O)C[C@@]32C)c1. The Morgan fingerprint density at radius 2 is 2.00 bits per heavy atom. The number of rotatable bonds is 7. The number of hydrogen-bond donors (Lipinski definition) is 2. The quantitative estimate of drug-likeness (QED) is 0.516. The first-order chi connectivity index (χ1) is 17.1. The number of carbonyl (C=O) groups excluding carboxylic acids is 2. The highest BCUT2D eigenvalue weighted by Gasteiger charge is 2.67. The number of benzene rings is 1. The number of hydrogen-bond acceptors (Lipinski definition) is 5. The van der Waals surface area contributed by atoms with Crippen LogP contribution >= 0.6 is 0 Å². The van der Waals surface area contributed by atoms with Crippen LogP contribution in [0.3, 0.4) is 0 Å². The zero-order valence-electron chi connectivity index (χ0n) is 21.8. The molecule has 5 heteroatoms. The highest BCUT2D eigenvalue weighted by Crippen LogP contribution is 2.67. The van der Waals surface area contributed by atoms with Crippen LogP contribution < -0.4 is 4.74 Å². The highest BCUT2D eigenvalue weighted by molar-refractivity contribution is 6.01. The maximum atomic E-state index is 13.5. The second kappa shape index (κ2) is 9.25. The average molecular weight is 493 g/mol. The lowest BCUT2D eigenvalue weighted by atomic mass is 9.46. The minimum Gasteiger partial charge on any atom is -0.494 e. The summed E-state index contributed by atoms with van der Waals surface area (Å²) in [5.74, 6) is 1.21. The minimum atomic E-state index is -1.39. The van der Waals surface area contributed by atoms with Crippen LogP contribution in [0.15, 0.2) is 48.1 Å². The van der Waals surface area contributed by atoms with Gasteiger partial charge in [0, 0.05) is 23.2 Å². The first kappa shape index (κ1) is 25.4. The van der Waals surface area contributed by atoms with Crippen molar-refractivity contribution in [1.29, 1.82) is 0 Å². The molecule has 0 radical (unpaired) electrons. The molecular formula is C31H40O5. The van der Waals surface area contributed by atoms with Gasteiger partial charge >= 0.3 is 0 Å². The Bertz CT molecular complexity index is 1100. The maximum Gasteiger partial charge on any atom is 0.178 e. The van der Waals surface area contributed by atoms with Crippen molar-refractivity contribution in [3.8, 4) is 5.75 Å². The van der Waals surface area contributed by atoms with Crippen molar-refractivity contribution in [3.63, 3.8) is 0 Å². The normalized spacial score (nSPS) is 39.1. The number of aliphatic hydroxyl groups is 2. The molecule has 0 amide bonds. The molecule has 7 atom stereocenters. The molecular weight excluding hydrogens is 452 g/mol. The average Bonchev–Trinajstić information content (AvgIpc) is 3.10. The monoisotopic (exact) mass is 492 g/mol. The van der Waals surface area contributed by atoms with E-state index in [1.807, 2.05) is 44.2 Å². The Balaban J connectivity index is 1.25. The van der Waals surface area contributed by atoms with E-state index in [0.717, 1.165) is 42.6 Å². The molecule has 5 nitrogen and oxygen atoms in total. The van der Waals surface area contributed by atoms with E-state index in [1.54, 1.807) is 12.2 Å². The summed E-state index contributed by atoms with van der Waals surface area (Å²) in [6.07, 6.45) is 9.95. The largest absolute Gasteiger partial charge is 0.494 e. The molecule has 2 N–H and O–H groups in total. The van der Waals surface area contributed by atoms with E-state index in [4.69, 9.17) is 4.74 Å². The molecule has 1 aromatic rings. The molecule has 4 aliphatic carbocycles. The van der Waals surface area contributed by atoms with Crippen LogP contribution in [-0.2, 0) is 9.59 Å². The van der Waals surface area contributed by atoms with Crippen LogP contribution in [0.5, 0.6) is 5.75 Å². The summed E-state index contributed by atoms with van der Waals surface area (Å²) in [4.78, 5) is 25.5.